The summed E-state index contributed by atoms with van der Waals surface area (Å²) in [6.07, 6.45) is 6.44. The first kappa shape index (κ1) is 14.3. The number of rotatable bonds is 4. The van der Waals surface area contributed by atoms with Crippen LogP contribution in [0.2, 0.25) is 0 Å². The minimum absolute atomic E-state index is 0.169. The zero-order valence-corrected chi connectivity index (χ0v) is 12.0. The van der Waals surface area contributed by atoms with E-state index in [1.54, 1.807) is 0 Å². The lowest BCUT2D eigenvalue weighted by Gasteiger charge is -2.43. The molecular weight excluding hydrogens is 226 g/mol. The first-order valence-corrected chi connectivity index (χ1v) is 7.62. The van der Waals surface area contributed by atoms with Gasteiger partial charge in [-0.25, -0.2) is 0 Å². The van der Waals surface area contributed by atoms with Crippen molar-refractivity contribution < 1.29 is 9.84 Å². The topological polar surface area (TPSA) is 32.7 Å². The van der Waals surface area contributed by atoms with Crippen molar-refractivity contribution in [1.82, 2.24) is 4.90 Å². The number of ether oxygens (including phenoxy) is 1. The van der Waals surface area contributed by atoms with Crippen LogP contribution in [0, 0.1) is 11.3 Å². The highest BCUT2D eigenvalue weighted by Crippen LogP contribution is 2.39. The number of hydrogen-bond donors (Lipinski definition) is 1. The molecule has 2 fully saturated rings. The van der Waals surface area contributed by atoms with Crippen LogP contribution >= 0.6 is 0 Å². The molecule has 0 aromatic carbocycles. The molecule has 1 atom stereocenters. The summed E-state index contributed by atoms with van der Waals surface area (Å²) in [6, 6.07) is 0. The van der Waals surface area contributed by atoms with Crippen molar-refractivity contribution in [3.05, 3.63) is 0 Å². The molecule has 0 bridgehead atoms. The number of morpholine rings is 1. The van der Waals surface area contributed by atoms with Crippen molar-refractivity contribution in [2.75, 3.05) is 32.8 Å². The highest BCUT2D eigenvalue weighted by molar-refractivity contribution is 4.88. The van der Waals surface area contributed by atoms with Crippen LogP contribution in [0.1, 0.15) is 46.0 Å². The summed E-state index contributed by atoms with van der Waals surface area (Å²) in [5, 5.41) is 9.82. The molecule has 3 nitrogen and oxygen atoms in total. The van der Waals surface area contributed by atoms with Crippen LogP contribution in [0.3, 0.4) is 0 Å². The van der Waals surface area contributed by atoms with Crippen LogP contribution in [0.25, 0.3) is 0 Å². The van der Waals surface area contributed by atoms with Crippen molar-refractivity contribution in [2.24, 2.45) is 11.3 Å². The lowest BCUT2D eigenvalue weighted by molar-refractivity contribution is -0.0565. The quantitative estimate of drug-likeness (QED) is 0.836. The van der Waals surface area contributed by atoms with Gasteiger partial charge >= 0.3 is 0 Å². The molecule has 0 radical (unpaired) electrons. The Morgan fingerprint density at radius 1 is 1.33 bits per heavy atom. The Bertz CT molecular complexity index is 249. The van der Waals surface area contributed by atoms with Crippen molar-refractivity contribution in [3.8, 4) is 0 Å². The third kappa shape index (κ3) is 3.46. The maximum absolute atomic E-state index is 9.82. The highest BCUT2D eigenvalue weighted by Gasteiger charge is 2.36. The van der Waals surface area contributed by atoms with Gasteiger partial charge in [-0.05, 0) is 25.2 Å². The maximum Gasteiger partial charge on any atom is 0.0700 e. The van der Waals surface area contributed by atoms with E-state index < -0.39 is 0 Å². The molecule has 3 heteroatoms. The molecule has 106 valence electrons. The average Bonchev–Trinajstić information content (AvgIpc) is 2.42. The van der Waals surface area contributed by atoms with E-state index in [4.69, 9.17) is 4.74 Å². The molecular formula is C15H29NO2. The van der Waals surface area contributed by atoms with Crippen LogP contribution in [0.15, 0.2) is 0 Å². The molecule has 1 saturated heterocycles. The van der Waals surface area contributed by atoms with Crippen molar-refractivity contribution in [3.63, 3.8) is 0 Å². The largest absolute Gasteiger partial charge is 0.396 e. The SMILES string of the molecule is CCC1CN(CC2(CO)CCC(C)CC2)CCO1. The van der Waals surface area contributed by atoms with Crippen molar-refractivity contribution in [2.45, 2.75) is 52.1 Å². The van der Waals surface area contributed by atoms with Gasteiger partial charge in [-0.15, -0.1) is 0 Å². The maximum atomic E-state index is 9.82. The predicted octanol–water partition coefficient (Wildman–Crippen LogP) is 2.29. The van der Waals surface area contributed by atoms with Gasteiger partial charge in [-0.3, -0.25) is 4.90 Å². The molecule has 1 heterocycles. The Morgan fingerprint density at radius 3 is 2.67 bits per heavy atom. The summed E-state index contributed by atoms with van der Waals surface area (Å²) in [5.74, 6) is 0.845. The van der Waals surface area contributed by atoms with Gasteiger partial charge in [0.2, 0.25) is 0 Å². The minimum atomic E-state index is 0.169. The van der Waals surface area contributed by atoms with E-state index in [2.05, 4.69) is 18.7 Å². The van der Waals surface area contributed by atoms with Gasteiger partial charge in [0.05, 0.1) is 12.7 Å². The molecule has 0 aromatic heterocycles. The smallest absolute Gasteiger partial charge is 0.0700 e. The highest BCUT2D eigenvalue weighted by atomic mass is 16.5. The molecule has 1 N–H and O–H groups in total. The van der Waals surface area contributed by atoms with E-state index >= 15 is 0 Å². The Hall–Kier alpha value is -0.120. The van der Waals surface area contributed by atoms with Crippen LogP contribution in [-0.2, 0) is 4.74 Å². The Kier molecular flexibility index (Phi) is 5.05. The summed E-state index contributed by atoms with van der Waals surface area (Å²) in [5.41, 5.74) is 0.169. The molecule has 0 aromatic rings. The van der Waals surface area contributed by atoms with Crippen LogP contribution in [0.5, 0.6) is 0 Å². The zero-order chi connectivity index (χ0) is 13.0. The summed E-state index contributed by atoms with van der Waals surface area (Å²) in [6.45, 7) is 8.89. The molecule has 1 saturated carbocycles. The van der Waals surface area contributed by atoms with Gasteiger partial charge in [-0.2, -0.15) is 0 Å². The lowest BCUT2D eigenvalue weighted by Crippen LogP contribution is -2.49. The molecule has 2 aliphatic rings. The van der Waals surface area contributed by atoms with E-state index in [1.165, 1.54) is 25.7 Å². The number of aliphatic hydroxyl groups is 1. The Morgan fingerprint density at radius 2 is 2.06 bits per heavy atom. The first-order chi connectivity index (χ1) is 8.67. The molecule has 1 unspecified atom stereocenters. The fourth-order valence-corrected chi connectivity index (χ4v) is 3.39. The van der Waals surface area contributed by atoms with E-state index in [-0.39, 0.29) is 5.41 Å². The summed E-state index contributed by atoms with van der Waals surface area (Å²) in [7, 11) is 0. The van der Waals surface area contributed by atoms with Gasteiger partial charge < -0.3 is 9.84 Å². The van der Waals surface area contributed by atoms with Crippen LogP contribution in [0.4, 0.5) is 0 Å². The second-order valence-corrected chi connectivity index (χ2v) is 6.48. The summed E-state index contributed by atoms with van der Waals surface area (Å²) in [4.78, 5) is 2.52. The number of nitrogens with zero attached hydrogens (tertiary/aromatic N) is 1. The fourth-order valence-electron chi connectivity index (χ4n) is 3.39. The number of hydrogen-bond acceptors (Lipinski definition) is 3. The molecule has 0 spiro atoms. The second-order valence-electron chi connectivity index (χ2n) is 6.48. The van der Waals surface area contributed by atoms with E-state index in [9.17, 15) is 5.11 Å². The normalized spacial score (nSPS) is 38.8. The van der Waals surface area contributed by atoms with E-state index in [1.807, 2.05) is 0 Å². The third-order valence-corrected chi connectivity index (χ3v) is 4.91. The average molecular weight is 255 g/mol. The van der Waals surface area contributed by atoms with Gasteiger partial charge in [0.25, 0.3) is 0 Å². The fraction of sp³-hybridized carbons (Fsp3) is 1.00. The molecule has 2 rings (SSSR count). The van der Waals surface area contributed by atoms with Gasteiger partial charge in [0.1, 0.15) is 0 Å². The van der Waals surface area contributed by atoms with Crippen molar-refractivity contribution in [1.29, 1.82) is 0 Å². The standard InChI is InChI=1S/C15H29NO2/c1-3-14-10-16(8-9-18-14)11-15(12-17)6-4-13(2)5-7-15/h13-14,17H,3-12H2,1-2H3. The molecule has 1 aliphatic carbocycles. The third-order valence-electron chi connectivity index (χ3n) is 4.91. The first-order valence-electron chi connectivity index (χ1n) is 7.62. The number of aliphatic hydroxyl groups excluding tert-OH is 1. The van der Waals surface area contributed by atoms with E-state index in [0.717, 1.165) is 38.6 Å². The Labute approximate surface area is 112 Å². The Balaban J connectivity index is 1.89. The van der Waals surface area contributed by atoms with Crippen LogP contribution < -0.4 is 0 Å². The predicted molar refractivity (Wildman–Crippen MR) is 73.6 cm³/mol. The van der Waals surface area contributed by atoms with Gasteiger partial charge in [0, 0.05) is 31.7 Å². The second kappa shape index (κ2) is 6.36. The van der Waals surface area contributed by atoms with Gasteiger partial charge in [0.15, 0.2) is 0 Å². The summed E-state index contributed by atoms with van der Waals surface area (Å²) >= 11 is 0. The van der Waals surface area contributed by atoms with E-state index in [0.29, 0.717) is 12.7 Å². The molecule has 18 heavy (non-hydrogen) atoms. The molecule has 1 aliphatic heterocycles. The lowest BCUT2D eigenvalue weighted by atomic mass is 9.71. The summed E-state index contributed by atoms with van der Waals surface area (Å²) < 4.78 is 5.73. The minimum Gasteiger partial charge on any atom is -0.396 e. The van der Waals surface area contributed by atoms with Crippen molar-refractivity contribution >= 4 is 0 Å². The van der Waals surface area contributed by atoms with Crippen LogP contribution in [-0.4, -0.2) is 49.0 Å². The monoisotopic (exact) mass is 255 g/mol. The van der Waals surface area contributed by atoms with Gasteiger partial charge in [-0.1, -0.05) is 26.7 Å². The zero-order valence-electron chi connectivity index (χ0n) is 12.0. The molecule has 0 amide bonds.